The molecule has 6 heteroatoms. The minimum Gasteiger partial charge on any atom is -0.467 e. The number of halogens is 1. The summed E-state index contributed by atoms with van der Waals surface area (Å²) in [7, 11) is 0. The van der Waals surface area contributed by atoms with Gasteiger partial charge in [-0.2, -0.15) is 0 Å². The van der Waals surface area contributed by atoms with Gasteiger partial charge in [0, 0.05) is 24.0 Å². The molecular weight excluding hydrogens is 338 g/mol. The quantitative estimate of drug-likeness (QED) is 0.674. The van der Waals surface area contributed by atoms with Crippen molar-refractivity contribution in [3.05, 3.63) is 83.0 Å². The number of benzene rings is 1. The molecule has 128 valence electrons. The molecule has 0 aliphatic rings. The van der Waals surface area contributed by atoms with Crippen LogP contribution in [0.2, 0.25) is 5.02 Å². The third-order valence-electron chi connectivity index (χ3n) is 3.66. The van der Waals surface area contributed by atoms with Crippen LogP contribution in [0.4, 0.5) is 5.69 Å². The Hall–Kier alpha value is -2.79. The number of rotatable bonds is 7. The summed E-state index contributed by atoms with van der Waals surface area (Å²) in [5, 5.41) is 6.81. The van der Waals surface area contributed by atoms with E-state index in [9.17, 15) is 4.79 Å². The first-order valence-electron chi connectivity index (χ1n) is 7.94. The summed E-state index contributed by atoms with van der Waals surface area (Å²) in [4.78, 5) is 16.3. The fourth-order valence-corrected chi connectivity index (χ4v) is 2.47. The number of hydrogen-bond donors (Lipinski definition) is 2. The SMILES string of the molecule is O=C(NCc1ccco1)c1cncc(NCCc2ccc(Cl)cc2)c1. The lowest BCUT2D eigenvalue weighted by atomic mass is 10.1. The van der Waals surface area contributed by atoms with E-state index < -0.39 is 0 Å². The summed E-state index contributed by atoms with van der Waals surface area (Å²) < 4.78 is 5.20. The molecule has 0 atom stereocenters. The zero-order valence-corrected chi connectivity index (χ0v) is 14.3. The lowest BCUT2D eigenvalue weighted by molar-refractivity contribution is 0.0947. The van der Waals surface area contributed by atoms with E-state index in [2.05, 4.69) is 15.6 Å². The largest absolute Gasteiger partial charge is 0.467 e. The standard InChI is InChI=1S/C19H18ClN3O2/c20-16-5-3-14(4-6-16)7-8-22-17-10-15(11-21-12-17)19(24)23-13-18-2-1-9-25-18/h1-6,9-12,22H,7-8,13H2,(H,23,24). The van der Waals surface area contributed by atoms with Gasteiger partial charge in [0.1, 0.15) is 5.76 Å². The molecule has 25 heavy (non-hydrogen) atoms. The number of nitrogens with zero attached hydrogens (tertiary/aromatic N) is 1. The predicted molar refractivity (Wildman–Crippen MR) is 97.8 cm³/mol. The van der Waals surface area contributed by atoms with Crippen molar-refractivity contribution in [2.75, 3.05) is 11.9 Å². The van der Waals surface area contributed by atoms with Gasteiger partial charge in [-0.3, -0.25) is 9.78 Å². The van der Waals surface area contributed by atoms with Gasteiger partial charge in [-0.15, -0.1) is 0 Å². The number of anilines is 1. The Morgan fingerprint density at radius 3 is 2.76 bits per heavy atom. The van der Waals surface area contributed by atoms with Crippen molar-refractivity contribution in [3.8, 4) is 0 Å². The fourth-order valence-electron chi connectivity index (χ4n) is 2.35. The number of nitrogens with one attached hydrogen (secondary N) is 2. The first-order chi connectivity index (χ1) is 12.2. The Morgan fingerprint density at radius 1 is 1.16 bits per heavy atom. The zero-order chi connectivity index (χ0) is 17.5. The Balaban J connectivity index is 1.51. The monoisotopic (exact) mass is 355 g/mol. The second-order valence-electron chi connectivity index (χ2n) is 5.53. The highest BCUT2D eigenvalue weighted by atomic mass is 35.5. The van der Waals surface area contributed by atoms with Crippen LogP contribution in [0, 0.1) is 0 Å². The molecule has 0 spiro atoms. The summed E-state index contributed by atoms with van der Waals surface area (Å²) in [6.45, 7) is 1.08. The van der Waals surface area contributed by atoms with E-state index in [0.717, 1.165) is 23.7 Å². The van der Waals surface area contributed by atoms with Gasteiger partial charge >= 0.3 is 0 Å². The molecule has 5 nitrogen and oxygen atoms in total. The topological polar surface area (TPSA) is 67.2 Å². The Morgan fingerprint density at radius 2 is 2.00 bits per heavy atom. The molecule has 0 fully saturated rings. The maximum atomic E-state index is 12.2. The van der Waals surface area contributed by atoms with Gasteiger partial charge < -0.3 is 15.1 Å². The molecule has 0 bridgehead atoms. The van der Waals surface area contributed by atoms with Gasteiger partial charge in [0.2, 0.25) is 0 Å². The van der Waals surface area contributed by atoms with Crippen molar-refractivity contribution in [3.63, 3.8) is 0 Å². The smallest absolute Gasteiger partial charge is 0.253 e. The van der Waals surface area contributed by atoms with Gasteiger partial charge in [0.15, 0.2) is 0 Å². The van der Waals surface area contributed by atoms with Crippen molar-refractivity contribution < 1.29 is 9.21 Å². The van der Waals surface area contributed by atoms with E-state index in [1.807, 2.05) is 30.3 Å². The zero-order valence-electron chi connectivity index (χ0n) is 13.5. The van der Waals surface area contributed by atoms with Gasteiger partial charge in [-0.25, -0.2) is 0 Å². The van der Waals surface area contributed by atoms with Gasteiger partial charge in [0.25, 0.3) is 5.91 Å². The number of aromatic nitrogens is 1. The fraction of sp³-hybridized carbons (Fsp3) is 0.158. The molecule has 0 saturated carbocycles. The van der Waals surface area contributed by atoms with Crippen molar-refractivity contribution >= 4 is 23.2 Å². The first kappa shape index (κ1) is 17.0. The van der Waals surface area contributed by atoms with Crippen LogP contribution in [0.25, 0.3) is 0 Å². The number of furan rings is 1. The van der Waals surface area contributed by atoms with Crippen LogP contribution in [0.5, 0.6) is 0 Å². The second kappa shape index (κ2) is 8.35. The summed E-state index contributed by atoms with van der Waals surface area (Å²) in [6, 6.07) is 13.1. The van der Waals surface area contributed by atoms with Crippen molar-refractivity contribution in [2.45, 2.75) is 13.0 Å². The molecule has 3 rings (SSSR count). The average Bonchev–Trinajstić information content (AvgIpc) is 3.15. The highest BCUT2D eigenvalue weighted by molar-refractivity contribution is 6.30. The molecular formula is C19H18ClN3O2. The van der Waals surface area contributed by atoms with Gasteiger partial charge in [-0.05, 0) is 42.3 Å². The minimum atomic E-state index is -0.190. The summed E-state index contributed by atoms with van der Waals surface area (Å²) >= 11 is 5.88. The summed E-state index contributed by atoms with van der Waals surface area (Å²) in [5.41, 5.74) is 2.50. The molecule has 2 N–H and O–H groups in total. The molecule has 1 amide bonds. The number of carbonyl (C=O) groups excluding carboxylic acids is 1. The predicted octanol–water partition coefficient (Wildman–Crippen LogP) is 3.91. The van der Waals surface area contributed by atoms with Crippen LogP contribution >= 0.6 is 11.6 Å². The molecule has 0 aliphatic heterocycles. The van der Waals surface area contributed by atoms with Crippen molar-refractivity contribution in [1.29, 1.82) is 0 Å². The van der Waals surface area contributed by atoms with E-state index >= 15 is 0 Å². The molecule has 0 unspecified atom stereocenters. The second-order valence-corrected chi connectivity index (χ2v) is 5.96. The first-order valence-corrected chi connectivity index (χ1v) is 8.32. The van der Waals surface area contributed by atoms with Gasteiger partial charge in [0.05, 0.1) is 24.1 Å². The van der Waals surface area contributed by atoms with E-state index in [4.69, 9.17) is 16.0 Å². The maximum Gasteiger partial charge on any atom is 0.253 e. The van der Waals surface area contributed by atoms with Crippen LogP contribution in [0.1, 0.15) is 21.7 Å². The Bertz CT molecular complexity index is 817. The average molecular weight is 356 g/mol. The maximum absolute atomic E-state index is 12.2. The number of pyridine rings is 1. The Labute approximate surface area is 151 Å². The minimum absolute atomic E-state index is 0.190. The van der Waals surface area contributed by atoms with Gasteiger partial charge in [-0.1, -0.05) is 23.7 Å². The molecule has 0 radical (unpaired) electrons. The molecule has 2 heterocycles. The van der Waals surface area contributed by atoms with Crippen LogP contribution in [-0.4, -0.2) is 17.4 Å². The van der Waals surface area contributed by atoms with E-state index in [1.165, 1.54) is 5.56 Å². The molecule has 2 aromatic heterocycles. The summed E-state index contributed by atoms with van der Waals surface area (Å²) in [6.07, 6.45) is 5.67. The third-order valence-corrected chi connectivity index (χ3v) is 3.91. The molecule has 0 saturated heterocycles. The lowest BCUT2D eigenvalue weighted by Crippen LogP contribution is -2.22. The molecule has 0 aliphatic carbocycles. The van der Waals surface area contributed by atoms with Crippen LogP contribution in [-0.2, 0) is 13.0 Å². The van der Waals surface area contributed by atoms with Crippen LogP contribution < -0.4 is 10.6 Å². The highest BCUT2D eigenvalue weighted by Crippen LogP contribution is 2.12. The van der Waals surface area contributed by atoms with Crippen LogP contribution in [0.15, 0.2) is 65.5 Å². The number of carbonyl (C=O) groups is 1. The third kappa shape index (κ3) is 5.09. The van der Waals surface area contributed by atoms with Crippen molar-refractivity contribution in [2.24, 2.45) is 0 Å². The normalized spacial score (nSPS) is 10.4. The highest BCUT2D eigenvalue weighted by Gasteiger charge is 2.07. The van der Waals surface area contributed by atoms with E-state index in [-0.39, 0.29) is 5.91 Å². The van der Waals surface area contributed by atoms with E-state index in [1.54, 1.807) is 30.8 Å². The molecule has 1 aromatic carbocycles. The Kier molecular flexibility index (Phi) is 5.69. The van der Waals surface area contributed by atoms with E-state index in [0.29, 0.717) is 17.9 Å². The lowest BCUT2D eigenvalue weighted by Gasteiger charge is -2.08. The van der Waals surface area contributed by atoms with Crippen LogP contribution in [0.3, 0.4) is 0 Å². The number of amides is 1. The summed E-state index contributed by atoms with van der Waals surface area (Å²) in [5.74, 6) is 0.517. The molecule has 3 aromatic rings. The van der Waals surface area contributed by atoms with Crippen molar-refractivity contribution in [1.82, 2.24) is 10.3 Å². The number of hydrogen-bond acceptors (Lipinski definition) is 4.